The lowest BCUT2D eigenvalue weighted by molar-refractivity contribution is 0.0681. The third-order valence-electron chi connectivity index (χ3n) is 3.25. The summed E-state index contributed by atoms with van der Waals surface area (Å²) in [5.74, 6) is 1.38. The monoisotopic (exact) mass is 270 g/mol. The normalized spacial score (nSPS) is 16.7. The molecule has 1 fully saturated rings. The molecule has 2 aliphatic heterocycles. The van der Waals surface area contributed by atoms with Gasteiger partial charge in [-0.2, -0.15) is 0 Å². The van der Waals surface area contributed by atoms with Crippen LogP contribution < -0.4 is 14.8 Å². The Labute approximate surface area is 111 Å². The van der Waals surface area contributed by atoms with Crippen LogP contribution in [-0.2, 0) is 0 Å². The van der Waals surface area contributed by atoms with Crippen LogP contribution in [0.25, 0.3) is 0 Å². The molecule has 1 aromatic rings. The van der Waals surface area contributed by atoms with Gasteiger partial charge < -0.3 is 19.7 Å². The Bertz CT molecular complexity index is 463. The molecular formula is C12H15ClN2O3. The molecule has 0 aliphatic carbocycles. The van der Waals surface area contributed by atoms with E-state index in [1.165, 1.54) is 0 Å². The van der Waals surface area contributed by atoms with Crippen LogP contribution in [0, 0.1) is 0 Å². The van der Waals surface area contributed by atoms with Crippen LogP contribution in [0.4, 0.5) is 0 Å². The largest absolute Gasteiger partial charge is 0.454 e. The number of rotatable bonds is 2. The topological polar surface area (TPSA) is 50.8 Å². The van der Waals surface area contributed by atoms with Crippen molar-refractivity contribution in [2.24, 2.45) is 0 Å². The molecule has 0 unspecified atom stereocenters. The van der Waals surface area contributed by atoms with E-state index in [1.54, 1.807) is 23.1 Å². The lowest BCUT2D eigenvalue weighted by atomic mass is 10.1. The van der Waals surface area contributed by atoms with Gasteiger partial charge in [0.1, 0.15) is 0 Å². The van der Waals surface area contributed by atoms with Gasteiger partial charge >= 0.3 is 0 Å². The number of likely N-dealkylation sites (N-methyl/N-ethyl adjacent to an activating group) is 1. The fourth-order valence-electron chi connectivity index (χ4n) is 1.95. The molecule has 0 atom stereocenters. The van der Waals surface area contributed by atoms with Gasteiger partial charge in [-0.1, -0.05) is 0 Å². The van der Waals surface area contributed by atoms with Gasteiger partial charge in [-0.3, -0.25) is 4.79 Å². The van der Waals surface area contributed by atoms with Crippen LogP contribution in [0.15, 0.2) is 18.2 Å². The molecule has 5 nitrogen and oxygen atoms in total. The van der Waals surface area contributed by atoms with E-state index in [9.17, 15) is 4.79 Å². The molecule has 2 heterocycles. The number of nitrogens with one attached hydrogen (secondary N) is 1. The number of nitrogens with zero attached hydrogens (tertiary/aromatic N) is 1. The summed E-state index contributed by atoms with van der Waals surface area (Å²) in [5, 5.41) is 3.15. The van der Waals surface area contributed by atoms with E-state index in [1.807, 2.05) is 7.05 Å². The molecule has 1 amide bonds. The van der Waals surface area contributed by atoms with E-state index < -0.39 is 0 Å². The van der Waals surface area contributed by atoms with E-state index >= 15 is 0 Å². The minimum atomic E-state index is 0. The predicted molar refractivity (Wildman–Crippen MR) is 68.6 cm³/mol. The lowest BCUT2D eigenvalue weighted by Gasteiger charge is -2.35. The molecule has 1 saturated heterocycles. The highest BCUT2D eigenvalue weighted by Gasteiger charge is 2.27. The number of halogens is 1. The average Bonchev–Trinajstić information content (AvgIpc) is 2.72. The molecule has 0 bridgehead atoms. The third-order valence-corrected chi connectivity index (χ3v) is 3.25. The summed E-state index contributed by atoms with van der Waals surface area (Å²) in [5.41, 5.74) is 0.642. The van der Waals surface area contributed by atoms with Gasteiger partial charge in [-0.05, 0) is 18.2 Å². The Balaban J connectivity index is 0.00000120. The molecule has 0 saturated carbocycles. The maximum absolute atomic E-state index is 12.2. The number of hydrogen-bond donors (Lipinski definition) is 1. The van der Waals surface area contributed by atoms with Crippen molar-refractivity contribution in [3.05, 3.63) is 23.8 Å². The molecule has 0 spiro atoms. The molecule has 98 valence electrons. The summed E-state index contributed by atoms with van der Waals surface area (Å²) in [4.78, 5) is 14.0. The van der Waals surface area contributed by atoms with Gasteiger partial charge in [-0.15, -0.1) is 12.4 Å². The van der Waals surface area contributed by atoms with E-state index in [0.29, 0.717) is 23.1 Å². The zero-order valence-corrected chi connectivity index (χ0v) is 10.8. The highest BCUT2D eigenvalue weighted by Crippen LogP contribution is 2.32. The number of amides is 1. The number of hydrogen-bond acceptors (Lipinski definition) is 4. The number of carbonyl (C=O) groups excluding carboxylic acids is 1. The van der Waals surface area contributed by atoms with Gasteiger partial charge in [0, 0.05) is 25.7 Å². The van der Waals surface area contributed by atoms with E-state index in [-0.39, 0.29) is 25.1 Å². The second kappa shape index (κ2) is 5.04. The van der Waals surface area contributed by atoms with Crippen molar-refractivity contribution in [1.29, 1.82) is 0 Å². The van der Waals surface area contributed by atoms with Gasteiger partial charge in [-0.25, -0.2) is 0 Å². The van der Waals surface area contributed by atoms with Crippen molar-refractivity contribution in [2.75, 3.05) is 26.9 Å². The van der Waals surface area contributed by atoms with Crippen molar-refractivity contribution in [1.82, 2.24) is 10.2 Å². The highest BCUT2D eigenvalue weighted by atomic mass is 35.5. The Hall–Kier alpha value is -1.46. The van der Waals surface area contributed by atoms with Gasteiger partial charge in [0.25, 0.3) is 5.91 Å². The summed E-state index contributed by atoms with van der Waals surface area (Å²) < 4.78 is 10.5. The first-order valence-electron chi connectivity index (χ1n) is 5.63. The summed E-state index contributed by atoms with van der Waals surface area (Å²) in [6.07, 6.45) is 0. The van der Waals surface area contributed by atoms with Crippen LogP contribution in [0.2, 0.25) is 0 Å². The molecule has 18 heavy (non-hydrogen) atoms. The third kappa shape index (κ3) is 2.11. The van der Waals surface area contributed by atoms with E-state index in [0.717, 1.165) is 13.1 Å². The molecule has 2 aliphatic rings. The molecule has 3 rings (SSSR count). The van der Waals surface area contributed by atoms with Gasteiger partial charge in [0.05, 0.1) is 6.04 Å². The molecule has 0 aromatic heterocycles. The SMILES string of the molecule is CN(C(=O)c1ccc2c(c1)OCO2)C1CNC1.Cl. The Morgan fingerprint density at radius 1 is 1.33 bits per heavy atom. The summed E-state index contributed by atoms with van der Waals surface area (Å²) in [7, 11) is 1.83. The van der Waals surface area contributed by atoms with Crippen LogP contribution in [-0.4, -0.2) is 43.8 Å². The number of ether oxygens (including phenoxy) is 2. The molecule has 0 radical (unpaired) electrons. The van der Waals surface area contributed by atoms with Crippen LogP contribution >= 0.6 is 12.4 Å². The number of benzene rings is 1. The Morgan fingerprint density at radius 3 is 2.72 bits per heavy atom. The first-order valence-corrected chi connectivity index (χ1v) is 5.63. The van der Waals surface area contributed by atoms with Crippen LogP contribution in [0.5, 0.6) is 11.5 Å². The number of carbonyl (C=O) groups is 1. The smallest absolute Gasteiger partial charge is 0.254 e. The second-order valence-electron chi connectivity index (χ2n) is 4.30. The predicted octanol–water partition coefficient (Wildman–Crippen LogP) is 0.881. The molecule has 6 heteroatoms. The maximum atomic E-state index is 12.2. The highest BCUT2D eigenvalue weighted by molar-refractivity contribution is 5.95. The molecule has 1 aromatic carbocycles. The lowest BCUT2D eigenvalue weighted by Crippen LogP contribution is -2.57. The van der Waals surface area contributed by atoms with Crippen molar-refractivity contribution in [3.8, 4) is 11.5 Å². The Morgan fingerprint density at radius 2 is 2.06 bits per heavy atom. The zero-order valence-electron chi connectivity index (χ0n) is 10.0. The maximum Gasteiger partial charge on any atom is 0.254 e. The van der Waals surface area contributed by atoms with Crippen LogP contribution in [0.1, 0.15) is 10.4 Å². The van der Waals surface area contributed by atoms with E-state index in [2.05, 4.69) is 5.32 Å². The number of fused-ring (bicyclic) bond motifs is 1. The average molecular weight is 271 g/mol. The van der Waals surface area contributed by atoms with Crippen LogP contribution in [0.3, 0.4) is 0 Å². The quantitative estimate of drug-likeness (QED) is 0.867. The fraction of sp³-hybridized carbons (Fsp3) is 0.417. The first kappa shape index (κ1) is 13.0. The molecular weight excluding hydrogens is 256 g/mol. The zero-order chi connectivity index (χ0) is 11.8. The minimum Gasteiger partial charge on any atom is -0.454 e. The first-order chi connectivity index (χ1) is 8.25. The van der Waals surface area contributed by atoms with Crippen molar-refractivity contribution >= 4 is 18.3 Å². The minimum absolute atomic E-state index is 0. The summed E-state index contributed by atoms with van der Waals surface area (Å²) in [6, 6.07) is 5.60. The van der Waals surface area contributed by atoms with Gasteiger partial charge in [0.2, 0.25) is 6.79 Å². The molecule has 1 N–H and O–H groups in total. The second-order valence-corrected chi connectivity index (χ2v) is 4.30. The van der Waals surface area contributed by atoms with Crippen molar-refractivity contribution < 1.29 is 14.3 Å². The van der Waals surface area contributed by atoms with Crippen molar-refractivity contribution in [2.45, 2.75) is 6.04 Å². The van der Waals surface area contributed by atoms with E-state index in [4.69, 9.17) is 9.47 Å². The standard InChI is InChI=1S/C12H14N2O3.ClH/c1-14(9-5-13-6-9)12(15)8-2-3-10-11(4-8)17-7-16-10;/h2-4,9,13H,5-7H2,1H3;1H. The fourth-order valence-corrected chi connectivity index (χ4v) is 1.95. The van der Waals surface area contributed by atoms with Crippen molar-refractivity contribution in [3.63, 3.8) is 0 Å². The summed E-state index contributed by atoms with van der Waals surface area (Å²) >= 11 is 0. The van der Waals surface area contributed by atoms with Gasteiger partial charge in [0.15, 0.2) is 11.5 Å². The summed E-state index contributed by atoms with van der Waals surface area (Å²) in [6.45, 7) is 1.97. The Kier molecular flexibility index (Phi) is 3.63.